The lowest BCUT2D eigenvalue weighted by Gasteiger charge is -2.39. The third-order valence-electron chi connectivity index (χ3n) is 5.82. The second-order valence-electron chi connectivity index (χ2n) is 7.71. The first kappa shape index (κ1) is 20.9. The maximum absolute atomic E-state index is 6.70. The van der Waals surface area contributed by atoms with E-state index in [1.165, 1.54) is 6.33 Å². The first-order chi connectivity index (χ1) is 16.0. The van der Waals surface area contributed by atoms with Crippen molar-refractivity contribution in [2.45, 2.75) is 12.1 Å². The van der Waals surface area contributed by atoms with Gasteiger partial charge in [-0.15, -0.1) is 0 Å². The van der Waals surface area contributed by atoms with Crippen molar-refractivity contribution in [1.29, 1.82) is 0 Å². The van der Waals surface area contributed by atoms with Gasteiger partial charge in [0, 0.05) is 36.8 Å². The number of para-hydroxylation sites is 1. The molecule has 0 bridgehead atoms. The molecule has 1 aromatic heterocycles. The second kappa shape index (κ2) is 7.96. The number of anilines is 1. The molecule has 0 spiro atoms. The predicted molar refractivity (Wildman–Crippen MR) is 131 cm³/mol. The molecule has 0 fully saturated rings. The van der Waals surface area contributed by atoms with Crippen molar-refractivity contribution in [2.24, 2.45) is 0 Å². The molecule has 164 valence electrons. The van der Waals surface area contributed by atoms with Crippen molar-refractivity contribution in [1.82, 2.24) is 14.8 Å². The van der Waals surface area contributed by atoms with E-state index in [2.05, 4.69) is 15.4 Å². The monoisotopic (exact) mass is 514 g/mol. The van der Waals surface area contributed by atoms with E-state index in [4.69, 9.17) is 51.1 Å². The number of hydrogen-bond donors (Lipinski definition) is 1. The summed E-state index contributed by atoms with van der Waals surface area (Å²) in [5, 5.41) is 10.1. The van der Waals surface area contributed by atoms with Crippen LogP contribution in [0.5, 0.6) is 5.75 Å². The minimum Gasteiger partial charge on any atom is -0.480 e. The number of nitrogens with one attached hydrogen (secondary N) is 1. The third-order valence-corrected chi connectivity index (χ3v) is 6.95. The number of ether oxygens (including phenoxy) is 1. The molecule has 0 saturated heterocycles. The molecule has 2 unspecified atom stereocenters. The van der Waals surface area contributed by atoms with Crippen LogP contribution in [0.25, 0.3) is 5.70 Å². The molecule has 6 rings (SSSR count). The fraction of sp³-hybridized carbons (Fsp3) is 0.0833. The zero-order chi connectivity index (χ0) is 22.7. The van der Waals surface area contributed by atoms with Gasteiger partial charge in [0.25, 0.3) is 0 Å². The molecule has 0 amide bonds. The molecule has 3 heterocycles. The van der Waals surface area contributed by atoms with Crippen LogP contribution in [0.3, 0.4) is 0 Å². The Balaban J connectivity index is 1.66. The number of benzene rings is 3. The number of hydrogen-bond acceptors (Lipinski definition) is 4. The maximum atomic E-state index is 6.70. The standard InChI is InChI=1S/C24H14Cl4N4O/c25-12-5-7-14(17(27)9-12)22-20-21(31-24-29-11-30-32(22)24)16-3-1-2-4-19(16)33-23(20)15-8-6-13(26)10-18(15)28/h1-11,22-23H,(H,29,30,31). The maximum Gasteiger partial charge on any atom is 0.226 e. The summed E-state index contributed by atoms with van der Waals surface area (Å²) in [6.45, 7) is 0. The smallest absolute Gasteiger partial charge is 0.226 e. The highest BCUT2D eigenvalue weighted by Gasteiger charge is 2.42. The van der Waals surface area contributed by atoms with Gasteiger partial charge in [0.15, 0.2) is 6.10 Å². The van der Waals surface area contributed by atoms with E-state index >= 15 is 0 Å². The van der Waals surface area contributed by atoms with Crippen LogP contribution in [0.15, 0.2) is 72.6 Å². The average Bonchev–Trinajstić information content (AvgIpc) is 3.26. The van der Waals surface area contributed by atoms with E-state index in [9.17, 15) is 0 Å². The van der Waals surface area contributed by atoms with Crippen LogP contribution in [0.2, 0.25) is 20.1 Å². The van der Waals surface area contributed by atoms with Gasteiger partial charge in [-0.05, 0) is 42.0 Å². The topological polar surface area (TPSA) is 52.0 Å². The van der Waals surface area contributed by atoms with Gasteiger partial charge in [-0.25, -0.2) is 4.68 Å². The Morgan fingerprint density at radius 2 is 1.55 bits per heavy atom. The van der Waals surface area contributed by atoms with Crippen LogP contribution < -0.4 is 10.1 Å². The summed E-state index contributed by atoms with van der Waals surface area (Å²) in [7, 11) is 0. The number of nitrogens with zero attached hydrogens (tertiary/aromatic N) is 3. The van der Waals surface area contributed by atoms with Crippen molar-refractivity contribution in [3.63, 3.8) is 0 Å². The van der Waals surface area contributed by atoms with Crippen molar-refractivity contribution in [3.8, 4) is 5.75 Å². The van der Waals surface area contributed by atoms with Gasteiger partial charge >= 0.3 is 0 Å². The van der Waals surface area contributed by atoms with Gasteiger partial charge in [-0.1, -0.05) is 70.7 Å². The van der Waals surface area contributed by atoms with E-state index in [0.717, 1.165) is 33.7 Å². The summed E-state index contributed by atoms with van der Waals surface area (Å²) < 4.78 is 8.35. The van der Waals surface area contributed by atoms with Crippen molar-refractivity contribution in [3.05, 3.63) is 109 Å². The van der Waals surface area contributed by atoms with Crippen LogP contribution in [-0.4, -0.2) is 14.8 Å². The third kappa shape index (κ3) is 3.39. The zero-order valence-corrected chi connectivity index (χ0v) is 19.8. The molecule has 2 atom stereocenters. The first-order valence-electron chi connectivity index (χ1n) is 10.1. The fourth-order valence-electron chi connectivity index (χ4n) is 4.41. The lowest BCUT2D eigenvalue weighted by Crippen LogP contribution is -2.32. The van der Waals surface area contributed by atoms with Crippen LogP contribution in [-0.2, 0) is 0 Å². The molecule has 2 aliphatic heterocycles. The van der Waals surface area contributed by atoms with Crippen LogP contribution in [0.1, 0.15) is 28.8 Å². The highest BCUT2D eigenvalue weighted by molar-refractivity contribution is 6.35. The Morgan fingerprint density at radius 3 is 2.27 bits per heavy atom. The minimum atomic E-state index is -0.527. The number of aromatic nitrogens is 3. The van der Waals surface area contributed by atoms with E-state index in [1.54, 1.807) is 22.9 Å². The highest BCUT2D eigenvalue weighted by Crippen LogP contribution is 2.52. The van der Waals surface area contributed by atoms with Gasteiger partial charge in [-0.3, -0.25) is 0 Å². The summed E-state index contributed by atoms with van der Waals surface area (Å²) in [5.41, 5.74) is 4.30. The number of halogens is 4. The summed E-state index contributed by atoms with van der Waals surface area (Å²) in [6, 6.07) is 18.3. The van der Waals surface area contributed by atoms with Gasteiger partial charge < -0.3 is 10.1 Å². The zero-order valence-electron chi connectivity index (χ0n) is 16.8. The Hall–Kier alpha value is -2.70. The average molecular weight is 516 g/mol. The fourth-order valence-corrected chi connectivity index (χ4v) is 5.43. The van der Waals surface area contributed by atoms with E-state index in [0.29, 0.717) is 26.0 Å². The summed E-state index contributed by atoms with van der Waals surface area (Å²) >= 11 is 25.7. The molecule has 5 nitrogen and oxygen atoms in total. The molecule has 0 saturated carbocycles. The molecule has 4 aromatic rings. The molecule has 2 aliphatic rings. The lowest BCUT2D eigenvalue weighted by molar-refractivity contribution is 0.223. The summed E-state index contributed by atoms with van der Waals surface area (Å²) in [4.78, 5) is 4.42. The number of fused-ring (bicyclic) bond motifs is 3. The Kier molecular flexibility index (Phi) is 5.03. The summed E-state index contributed by atoms with van der Waals surface area (Å²) in [5.74, 6) is 1.33. The molecule has 33 heavy (non-hydrogen) atoms. The Morgan fingerprint density at radius 1 is 0.848 bits per heavy atom. The minimum absolute atomic E-state index is 0.409. The normalized spacial score (nSPS) is 18.7. The van der Waals surface area contributed by atoms with E-state index < -0.39 is 12.1 Å². The van der Waals surface area contributed by atoms with Gasteiger partial charge in [0.05, 0.1) is 5.70 Å². The quantitative estimate of drug-likeness (QED) is 0.301. The van der Waals surface area contributed by atoms with Crippen LogP contribution in [0, 0.1) is 0 Å². The van der Waals surface area contributed by atoms with E-state index in [-0.39, 0.29) is 0 Å². The molecular formula is C24H14Cl4N4O. The van der Waals surface area contributed by atoms with Gasteiger partial charge in [0.1, 0.15) is 18.1 Å². The molecule has 0 aliphatic carbocycles. The molecular weight excluding hydrogens is 502 g/mol. The Bertz CT molecular complexity index is 1450. The second-order valence-corrected chi connectivity index (χ2v) is 9.40. The van der Waals surface area contributed by atoms with Crippen molar-refractivity contribution in [2.75, 3.05) is 5.32 Å². The first-order valence-corrected chi connectivity index (χ1v) is 11.6. The van der Waals surface area contributed by atoms with Gasteiger partial charge in [0.2, 0.25) is 5.95 Å². The predicted octanol–water partition coefficient (Wildman–Crippen LogP) is 7.45. The van der Waals surface area contributed by atoms with E-state index in [1.807, 2.05) is 42.5 Å². The van der Waals surface area contributed by atoms with Crippen LogP contribution >= 0.6 is 46.4 Å². The molecule has 1 N–H and O–H groups in total. The molecule has 0 radical (unpaired) electrons. The van der Waals surface area contributed by atoms with Crippen LogP contribution in [0.4, 0.5) is 5.95 Å². The summed E-state index contributed by atoms with van der Waals surface area (Å²) in [6.07, 6.45) is 0.982. The lowest BCUT2D eigenvalue weighted by atomic mass is 9.84. The van der Waals surface area contributed by atoms with Gasteiger partial charge in [-0.2, -0.15) is 10.1 Å². The van der Waals surface area contributed by atoms with Crippen molar-refractivity contribution < 1.29 is 4.74 Å². The largest absolute Gasteiger partial charge is 0.480 e. The SMILES string of the molecule is Clc1ccc(C2Oc3ccccc3C3=C2C(c2ccc(Cl)cc2Cl)n2ncnc2N3)c(Cl)c1. The highest BCUT2D eigenvalue weighted by atomic mass is 35.5. The van der Waals surface area contributed by atoms with Crippen molar-refractivity contribution >= 4 is 58.0 Å². The molecule has 9 heteroatoms. The Labute approximate surface area is 209 Å². The number of rotatable bonds is 2. The molecule has 3 aromatic carbocycles.